The summed E-state index contributed by atoms with van der Waals surface area (Å²) in [5.41, 5.74) is 0.674. The first-order valence-corrected chi connectivity index (χ1v) is 10.8. The molecule has 10 heteroatoms. The summed E-state index contributed by atoms with van der Waals surface area (Å²) in [6, 6.07) is 7.47. The Labute approximate surface area is 158 Å². The standard InChI is InChI=1S/C16H15N3O4S3/c1-3-24-15-9(2)17-16(25-15)19-18-12-8-13(20)10-6-4-5-7-11(10)14(12)26(21,22)23/h4-8,20H,3H2,1-2H3,(H,21,22,23). The lowest BCUT2D eigenvalue weighted by Gasteiger charge is -2.08. The zero-order chi connectivity index (χ0) is 18.9. The molecule has 0 amide bonds. The lowest BCUT2D eigenvalue weighted by molar-refractivity contribution is 0.479. The van der Waals surface area contributed by atoms with Crippen molar-refractivity contribution in [3.8, 4) is 5.75 Å². The number of fused-ring (bicyclic) bond motifs is 1. The van der Waals surface area contributed by atoms with Crippen molar-refractivity contribution in [1.29, 1.82) is 0 Å². The first-order valence-electron chi connectivity index (χ1n) is 7.55. The maximum absolute atomic E-state index is 11.9. The van der Waals surface area contributed by atoms with E-state index >= 15 is 0 Å². The minimum atomic E-state index is -4.58. The van der Waals surface area contributed by atoms with Gasteiger partial charge in [0.1, 0.15) is 16.3 Å². The van der Waals surface area contributed by atoms with Gasteiger partial charge in [-0.15, -0.1) is 22.0 Å². The topological polar surface area (TPSA) is 112 Å². The van der Waals surface area contributed by atoms with E-state index in [0.717, 1.165) is 21.7 Å². The molecule has 0 saturated carbocycles. The molecule has 0 saturated heterocycles. The van der Waals surface area contributed by atoms with Crippen molar-refractivity contribution in [2.24, 2.45) is 10.2 Å². The molecule has 1 aromatic heterocycles. The molecule has 3 aromatic rings. The van der Waals surface area contributed by atoms with Crippen molar-refractivity contribution in [3.05, 3.63) is 36.0 Å². The molecule has 0 spiro atoms. The van der Waals surface area contributed by atoms with Crippen LogP contribution in [-0.2, 0) is 10.1 Å². The van der Waals surface area contributed by atoms with Gasteiger partial charge in [0.15, 0.2) is 0 Å². The van der Waals surface area contributed by atoms with E-state index < -0.39 is 15.0 Å². The molecular formula is C16H15N3O4S3. The quantitative estimate of drug-likeness (QED) is 0.345. The van der Waals surface area contributed by atoms with Crippen LogP contribution in [0.5, 0.6) is 5.75 Å². The van der Waals surface area contributed by atoms with Gasteiger partial charge in [0.2, 0.25) is 5.13 Å². The van der Waals surface area contributed by atoms with Gasteiger partial charge in [0, 0.05) is 16.8 Å². The van der Waals surface area contributed by atoms with E-state index in [1.807, 2.05) is 13.8 Å². The monoisotopic (exact) mass is 409 g/mol. The molecule has 136 valence electrons. The highest BCUT2D eigenvalue weighted by Crippen LogP contribution is 2.40. The Bertz CT molecular complexity index is 1110. The third-order valence-electron chi connectivity index (χ3n) is 3.47. The summed E-state index contributed by atoms with van der Waals surface area (Å²) in [6.07, 6.45) is 0. The van der Waals surface area contributed by atoms with Crippen LogP contribution in [0.3, 0.4) is 0 Å². The molecule has 2 N–H and O–H groups in total. The van der Waals surface area contributed by atoms with Gasteiger partial charge in [0.05, 0.1) is 9.90 Å². The van der Waals surface area contributed by atoms with E-state index in [1.165, 1.54) is 17.4 Å². The number of aromatic nitrogens is 1. The fourth-order valence-electron chi connectivity index (χ4n) is 2.43. The van der Waals surface area contributed by atoms with Gasteiger partial charge in [-0.1, -0.05) is 42.5 Å². The van der Waals surface area contributed by atoms with Crippen LogP contribution in [0.4, 0.5) is 10.8 Å². The van der Waals surface area contributed by atoms with Crippen molar-refractivity contribution in [3.63, 3.8) is 0 Å². The molecule has 7 nitrogen and oxygen atoms in total. The van der Waals surface area contributed by atoms with Crippen LogP contribution in [-0.4, -0.2) is 28.8 Å². The highest BCUT2D eigenvalue weighted by atomic mass is 32.2. The van der Waals surface area contributed by atoms with Gasteiger partial charge >= 0.3 is 0 Å². The van der Waals surface area contributed by atoms with Gasteiger partial charge in [-0.05, 0) is 12.7 Å². The van der Waals surface area contributed by atoms with E-state index in [2.05, 4.69) is 15.2 Å². The summed E-state index contributed by atoms with van der Waals surface area (Å²) in [5.74, 6) is 0.741. The van der Waals surface area contributed by atoms with Gasteiger partial charge in [-0.3, -0.25) is 4.55 Å². The molecule has 26 heavy (non-hydrogen) atoms. The van der Waals surface area contributed by atoms with Crippen LogP contribution in [0, 0.1) is 6.92 Å². The molecule has 1 heterocycles. The highest BCUT2D eigenvalue weighted by molar-refractivity contribution is 8.01. The predicted molar refractivity (Wildman–Crippen MR) is 103 cm³/mol. The predicted octanol–water partition coefficient (Wildman–Crippen LogP) is 5.08. The fourth-order valence-corrected chi connectivity index (χ4v) is 5.21. The number of nitrogens with zero attached hydrogens (tertiary/aromatic N) is 3. The Morgan fingerprint density at radius 3 is 2.58 bits per heavy atom. The first-order chi connectivity index (χ1) is 12.3. The third-order valence-corrected chi connectivity index (χ3v) is 6.70. The lowest BCUT2D eigenvalue weighted by Crippen LogP contribution is -2.00. The van der Waals surface area contributed by atoms with Gasteiger partial charge in [0.25, 0.3) is 10.1 Å². The zero-order valence-corrected chi connectivity index (χ0v) is 16.3. The number of phenols is 1. The Morgan fingerprint density at radius 2 is 1.92 bits per heavy atom. The summed E-state index contributed by atoms with van der Waals surface area (Å²) in [6.45, 7) is 3.89. The second-order valence-electron chi connectivity index (χ2n) is 5.27. The van der Waals surface area contributed by atoms with Crippen LogP contribution in [0.25, 0.3) is 10.8 Å². The second-order valence-corrected chi connectivity index (χ2v) is 9.14. The molecule has 0 aliphatic rings. The number of aromatic hydroxyl groups is 1. The lowest BCUT2D eigenvalue weighted by atomic mass is 10.1. The molecule has 0 bridgehead atoms. The van der Waals surface area contributed by atoms with E-state index in [0.29, 0.717) is 10.5 Å². The number of hydrogen-bond donors (Lipinski definition) is 2. The van der Waals surface area contributed by atoms with Crippen LogP contribution in [0.2, 0.25) is 0 Å². The largest absolute Gasteiger partial charge is 0.507 e. The molecule has 0 atom stereocenters. The normalized spacial score (nSPS) is 12.3. The number of rotatable bonds is 5. The number of aryl methyl sites for hydroxylation is 1. The number of azo groups is 1. The Morgan fingerprint density at radius 1 is 1.23 bits per heavy atom. The maximum atomic E-state index is 11.9. The SMILES string of the molecule is CCSc1sc(N=Nc2cc(O)c3ccccc3c2S(=O)(=O)O)nc1C. The van der Waals surface area contributed by atoms with Crippen LogP contribution in [0.15, 0.2) is 49.7 Å². The summed E-state index contributed by atoms with van der Waals surface area (Å²) >= 11 is 2.98. The molecule has 0 unspecified atom stereocenters. The average Bonchev–Trinajstić information content (AvgIpc) is 2.92. The number of thioether (sulfide) groups is 1. The van der Waals surface area contributed by atoms with Crippen LogP contribution in [0.1, 0.15) is 12.6 Å². The maximum Gasteiger partial charge on any atom is 0.297 e. The molecule has 0 fully saturated rings. The number of hydrogen-bond acceptors (Lipinski definition) is 8. The molecule has 2 aromatic carbocycles. The number of benzene rings is 2. The van der Waals surface area contributed by atoms with Crippen molar-refractivity contribution in [2.45, 2.75) is 23.0 Å². The van der Waals surface area contributed by atoms with E-state index in [4.69, 9.17) is 0 Å². The molecule has 3 rings (SSSR count). The number of thiazole rings is 1. The van der Waals surface area contributed by atoms with Gasteiger partial charge < -0.3 is 5.11 Å². The Balaban J connectivity index is 2.14. The summed E-state index contributed by atoms with van der Waals surface area (Å²) in [5, 5.41) is 18.9. The Kier molecular flexibility index (Phi) is 5.28. The highest BCUT2D eigenvalue weighted by Gasteiger charge is 2.22. The molecule has 0 aliphatic heterocycles. The fraction of sp³-hybridized carbons (Fsp3) is 0.188. The van der Waals surface area contributed by atoms with Crippen LogP contribution < -0.4 is 0 Å². The third kappa shape index (κ3) is 3.73. The van der Waals surface area contributed by atoms with Gasteiger partial charge in [-0.2, -0.15) is 8.42 Å². The van der Waals surface area contributed by atoms with Crippen molar-refractivity contribution < 1.29 is 18.1 Å². The molecule has 0 aliphatic carbocycles. The average molecular weight is 410 g/mol. The van der Waals surface area contributed by atoms with Crippen molar-refractivity contribution in [1.82, 2.24) is 4.98 Å². The summed E-state index contributed by atoms with van der Waals surface area (Å²) in [4.78, 5) is 3.89. The first kappa shape index (κ1) is 18.8. The summed E-state index contributed by atoms with van der Waals surface area (Å²) < 4.78 is 34.4. The molecule has 0 radical (unpaired) electrons. The minimum absolute atomic E-state index is 0.152. The van der Waals surface area contributed by atoms with Crippen molar-refractivity contribution >= 4 is 54.8 Å². The smallest absolute Gasteiger partial charge is 0.297 e. The van der Waals surface area contributed by atoms with Crippen molar-refractivity contribution in [2.75, 3.05) is 5.75 Å². The van der Waals surface area contributed by atoms with Crippen LogP contribution >= 0.6 is 23.1 Å². The summed E-state index contributed by atoms with van der Waals surface area (Å²) in [7, 11) is -4.58. The van der Waals surface area contributed by atoms with E-state index in [-0.39, 0.29) is 16.8 Å². The number of phenolic OH excluding ortho intramolecular Hbond substituents is 1. The van der Waals surface area contributed by atoms with Gasteiger partial charge in [-0.25, -0.2) is 4.98 Å². The molecular weight excluding hydrogens is 394 g/mol. The Hall–Kier alpha value is -2.01. The van der Waals surface area contributed by atoms with E-state index in [1.54, 1.807) is 30.0 Å². The zero-order valence-electron chi connectivity index (χ0n) is 13.9. The minimum Gasteiger partial charge on any atom is -0.507 e. The van der Waals surface area contributed by atoms with E-state index in [9.17, 15) is 18.1 Å². The second kappa shape index (κ2) is 7.31.